The summed E-state index contributed by atoms with van der Waals surface area (Å²) in [6, 6.07) is 6.76. The third-order valence-electron chi connectivity index (χ3n) is 6.04. The van der Waals surface area contributed by atoms with Crippen molar-refractivity contribution >= 4 is 33.4 Å². The summed E-state index contributed by atoms with van der Waals surface area (Å²) in [5.41, 5.74) is -3.16. The van der Waals surface area contributed by atoms with Gasteiger partial charge in [0.25, 0.3) is 23.4 Å². The largest absolute Gasteiger partial charge is 0.493 e. The maximum Gasteiger partial charge on any atom is 0.282 e. The molecular formula is C21H19N3O9S. The highest BCUT2D eigenvalue weighted by Gasteiger charge is 2.69. The molecule has 1 saturated heterocycles. The molecule has 3 amide bonds. The smallest absolute Gasteiger partial charge is 0.282 e. The normalized spacial score (nSPS) is 21.9. The van der Waals surface area contributed by atoms with E-state index in [-0.39, 0.29) is 22.6 Å². The number of imide groups is 1. The highest BCUT2D eigenvalue weighted by Crippen LogP contribution is 2.54. The van der Waals surface area contributed by atoms with Gasteiger partial charge in [0.05, 0.1) is 31.0 Å². The van der Waals surface area contributed by atoms with E-state index in [4.69, 9.17) is 9.47 Å². The number of ether oxygens (including phenoxy) is 2. The van der Waals surface area contributed by atoms with Crippen molar-refractivity contribution in [1.29, 1.82) is 0 Å². The number of nitro benzene ring substituents is 1. The molecule has 0 radical (unpaired) electrons. The number of fused-ring (bicyclic) bond motifs is 1. The molecule has 2 aromatic carbocycles. The molecule has 2 aromatic rings. The van der Waals surface area contributed by atoms with Crippen LogP contribution in [0.15, 0.2) is 36.4 Å². The molecule has 178 valence electrons. The number of nitro groups is 1. The van der Waals surface area contributed by atoms with Crippen molar-refractivity contribution < 1.29 is 37.2 Å². The maximum absolute atomic E-state index is 13.4. The molecule has 2 unspecified atom stereocenters. The maximum atomic E-state index is 13.4. The highest BCUT2D eigenvalue weighted by molar-refractivity contribution is 7.89. The van der Waals surface area contributed by atoms with E-state index in [0.717, 1.165) is 12.3 Å². The molecule has 1 fully saturated rings. The zero-order chi connectivity index (χ0) is 25.2. The number of methoxy groups -OCH3 is 2. The second-order valence-corrected chi connectivity index (χ2v) is 9.76. The Bertz CT molecular complexity index is 1390. The molecule has 4 rings (SSSR count). The van der Waals surface area contributed by atoms with E-state index >= 15 is 0 Å². The second-order valence-electron chi connectivity index (χ2n) is 7.90. The van der Waals surface area contributed by atoms with Gasteiger partial charge < -0.3 is 9.47 Å². The van der Waals surface area contributed by atoms with E-state index in [1.807, 2.05) is 0 Å². The number of hydrogen-bond acceptors (Lipinski definition) is 9. The number of sulfonamides is 1. The fourth-order valence-corrected chi connectivity index (χ4v) is 5.77. The molecule has 0 aliphatic carbocycles. The van der Waals surface area contributed by atoms with Crippen LogP contribution in [0.1, 0.15) is 39.2 Å². The number of hydrogen-bond donors (Lipinski definition) is 0. The van der Waals surface area contributed by atoms with Crippen LogP contribution >= 0.6 is 0 Å². The third kappa shape index (κ3) is 2.89. The summed E-state index contributed by atoms with van der Waals surface area (Å²) >= 11 is 0. The molecule has 2 aliphatic rings. The van der Waals surface area contributed by atoms with E-state index < -0.39 is 55.5 Å². The summed E-state index contributed by atoms with van der Waals surface area (Å²) in [4.78, 5) is 51.2. The molecule has 12 nitrogen and oxygen atoms in total. The van der Waals surface area contributed by atoms with Gasteiger partial charge in [-0.15, -0.1) is 0 Å². The molecule has 0 bridgehead atoms. The number of nitrogens with zero attached hydrogens (tertiary/aromatic N) is 3. The SMILES string of the molecule is COc1cccc(C2N(S(C)(=O)=O)C(=O)C2(C)N2C(=O)c3cccc([N+](=O)[O-])c3C2=O)c1OC. The van der Waals surface area contributed by atoms with Gasteiger partial charge in [-0.25, -0.2) is 12.7 Å². The average Bonchev–Trinajstić information content (AvgIpc) is 3.05. The molecule has 2 heterocycles. The van der Waals surface area contributed by atoms with Crippen molar-refractivity contribution in [2.24, 2.45) is 0 Å². The summed E-state index contributed by atoms with van der Waals surface area (Å²) in [6.45, 7) is 1.24. The lowest BCUT2D eigenvalue weighted by Gasteiger charge is -2.55. The van der Waals surface area contributed by atoms with Crippen LogP contribution < -0.4 is 9.47 Å². The minimum Gasteiger partial charge on any atom is -0.493 e. The van der Waals surface area contributed by atoms with Gasteiger partial charge in [0.1, 0.15) is 11.6 Å². The van der Waals surface area contributed by atoms with Crippen molar-refractivity contribution in [3.63, 3.8) is 0 Å². The van der Waals surface area contributed by atoms with Crippen molar-refractivity contribution in [2.75, 3.05) is 20.5 Å². The van der Waals surface area contributed by atoms with E-state index in [2.05, 4.69) is 0 Å². The molecule has 2 atom stereocenters. The Morgan fingerprint density at radius 1 is 1.03 bits per heavy atom. The first-order valence-electron chi connectivity index (χ1n) is 9.82. The zero-order valence-corrected chi connectivity index (χ0v) is 19.3. The highest BCUT2D eigenvalue weighted by atomic mass is 32.2. The number of rotatable bonds is 6. The topological polar surface area (TPSA) is 153 Å². The van der Waals surface area contributed by atoms with E-state index in [0.29, 0.717) is 9.21 Å². The van der Waals surface area contributed by atoms with E-state index in [1.165, 1.54) is 45.4 Å². The predicted octanol–water partition coefficient (Wildman–Crippen LogP) is 1.51. The number of amides is 3. The lowest BCUT2D eigenvalue weighted by atomic mass is 9.76. The van der Waals surface area contributed by atoms with E-state index in [9.17, 15) is 32.9 Å². The lowest BCUT2D eigenvalue weighted by Crippen LogP contribution is -2.75. The lowest BCUT2D eigenvalue weighted by molar-refractivity contribution is -0.385. The first-order valence-corrected chi connectivity index (χ1v) is 11.7. The first kappa shape index (κ1) is 23.2. The van der Waals surface area contributed by atoms with Crippen LogP contribution in [0.25, 0.3) is 0 Å². The fourth-order valence-electron chi connectivity index (χ4n) is 4.58. The number of benzene rings is 2. The number of para-hydroxylation sites is 1. The number of carbonyl (C=O) groups is 3. The minimum atomic E-state index is -4.15. The van der Waals surface area contributed by atoms with Crippen LogP contribution in [0.5, 0.6) is 11.5 Å². The second kappa shape index (κ2) is 7.52. The van der Waals surface area contributed by atoms with Gasteiger partial charge in [-0.05, 0) is 19.1 Å². The van der Waals surface area contributed by atoms with Crippen LogP contribution in [0.4, 0.5) is 5.69 Å². The van der Waals surface area contributed by atoms with Gasteiger partial charge in [0.2, 0.25) is 10.0 Å². The number of β-lactam (4-membered cyclic amide) rings is 1. The summed E-state index contributed by atoms with van der Waals surface area (Å²) in [5.74, 6) is -2.72. The Labute approximate surface area is 193 Å². The Morgan fingerprint density at radius 3 is 2.24 bits per heavy atom. The summed E-state index contributed by atoms with van der Waals surface area (Å²) in [7, 11) is -1.47. The standard InChI is InChI=1S/C21H19N3O9S/c1-21(22-18(25)11-7-5-9-13(24(28)29)15(11)19(22)26)17(23(20(21)27)34(4,30)31)12-8-6-10-14(32-2)16(12)33-3/h5-10,17H,1-4H3. The van der Waals surface area contributed by atoms with Gasteiger partial charge in [0, 0.05) is 11.6 Å². The summed E-state index contributed by atoms with van der Waals surface area (Å²) < 4.78 is 36.3. The van der Waals surface area contributed by atoms with Gasteiger partial charge in [-0.2, -0.15) is 0 Å². The zero-order valence-electron chi connectivity index (χ0n) is 18.5. The molecule has 2 aliphatic heterocycles. The van der Waals surface area contributed by atoms with Gasteiger partial charge in [-0.1, -0.05) is 18.2 Å². The van der Waals surface area contributed by atoms with Crippen LogP contribution in [0.3, 0.4) is 0 Å². The first-order chi connectivity index (χ1) is 15.9. The quantitative estimate of drug-likeness (QED) is 0.254. The van der Waals surface area contributed by atoms with Crippen LogP contribution in [-0.2, 0) is 14.8 Å². The molecule has 34 heavy (non-hydrogen) atoms. The van der Waals surface area contributed by atoms with Gasteiger partial charge in [-0.3, -0.25) is 29.4 Å². The predicted molar refractivity (Wildman–Crippen MR) is 116 cm³/mol. The molecule has 0 spiro atoms. The van der Waals surface area contributed by atoms with Crippen molar-refractivity contribution in [3.05, 3.63) is 63.2 Å². The Hall–Kier alpha value is -4.00. The van der Waals surface area contributed by atoms with Gasteiger partial charge in [0.15, 0.2) is 17.0 Å². The molecule has 13 heteroatoms. The molecular weight excluding hydrogens is 470 g/mol. The molecule has 0 N–H and O–H groups in total. The molecule has 0 saturated carbocycles. The van der Waals surface area contributed by atoms with Crippen LogP contribution in [0, 0.1) is 10.1 Å². The molecule has 0 aromatic heterocycles. The van der Waals surface area contributed by atoms with Crippen molar-refractivity contribution in [1.82, 2.24) is 9.21 Å². The Morgan fingerprint density at radius 2 is 1.68 bits per heavy atom. The van der Waals surface area contributed by atoms with Crippen molar-refractivity contribution in [3.8, 4) is 11.5 Å². The fraction of sp³-hybridized carbons (Fsp3) is 0.286. The third-order valence-corrected chi connectivity index (χ3v) is 7.13. The number of carbonyl (C=O) groups excluding carboxylic acids is 3. The monoisotopic (exact) mass is 489 g/mol. The van der Waals surface area contributed by atoms with E-state index in [1.54, 1.807) is 6.07 Å². The van der Waals surface area contributed by atoms with Crippen LogP contribution in [-0.4, -0.2) is 66.3 Å². The van der Waals surface area contributed by atoms with Crippen molar-refractivity contribution in [2.45, 2.75) is 18.5 Å². The van der Waals surface area contributed by atoms with Gasteiger partial charge >= 0.3 is 0 Å². The Balaban J connectivity index is 1.95. The summed E-state index contributed by atoms with van der Waals surface area (Å²) in [5, 5.41) is 11.5. The summed E-state index contributed by atoms with van der Waals surface area (Å²) in [6.07, 6.45) is 0.817. The minimum absolute atomic E-state index is 0.102. The Kier molecular flexibility index (Phi) is 5.12. The van der Waals surface area contributed by atoms with Crippen LogP contribution in [0.2, 0.25) is 0 Å². The average molecular weight is 489 g/mol.